The van der Waals surface area contributed by atoms with E-state index in [9.17, 15) is 13.6 Å². The van der Waals surface area contributed by atoms with E-state index < -0.39 is 17.6 Å². The molecule has 1 aromatic rings. The maximum atomic E-state index is 14.6. The zero-order valence-corrected chi connectivity index (χ0v) is 22.5. The van der Waals surface area contributed by atoms with Crippen LogP contribution in [0, 0.1) is 47.1 Å². The quantitative estimate of drug-likeness (QED) is 0.192. The van der Waals surface area contributed by atoms with Gasteiger partial charge in [-0.05, 0) is 119 Å². The first kappa shape index (κ1) is 27.3. The van der Waals surface area contributed by atoms with Crippen molar-refractivity contribution in [3.05, 3.63) is 41.5 Å². The zero-order valence-electron chi connectivity index (χ0n) is 22.5. The number of hydrogen-bond acceptors (Lipinski definition) is 2. The first-order valence-corrected chi connectivity index (χ1v) is 14.8. The number of carbonyl (C=O) groups excluding carboxylic acids is 1. The lowest BCUT2D eigenvalue weighted by atomic mass is 9.60. The van der Waals surface area contributed by atoms with Crippen molar-refractivity contribution in [2.45, 2.75) is 110 Å². The molecule has 0 radical (unpaired) electrons. The monoisotopic (exact) mass is 500 g/mol. The van der Waals surface area contributed by atoms with Crippen molar-refractivity contribution < 1.29 is 18.3 Å². The third kappa shape index (κ3) is 6.78. The van der Waals surface area contributed by atoms with Gasteiger partial charge in [0.1, 0.15) is 0 Å². The van der Waals surface area contributed by atoms with Crippen molar-refractivity contribution in [1.82, 2.24) is 0 Å². The molecule has 4 atom stereocenters. The SMILES string of the molecule is C/C=C/CCc1ccc(OC(=O)C2CCC(C3CCC4CC(CCCC)CCC4C3)CC2)c(F)c1F. The largest absolute Gasteiger partial charge is 0.423 e. The lowest BCUT2D eigenvalue weighted by Gasteiger charge is -2.45. The fourth-order valence-electron chi connectivity index (χ4n) is 7.47. The van der Waals surface area contributed by atoms with Gasteiger partial charge in [-0.1, -0.05) is 50.8 Å². The first-order valence-electron chi connectivity index (χ1n) is 14.8. The van der Waals surface area contributed by atoms with E-state index >= 15 is 0 Å². The van der Waals surface area contributed by atoms with Gasteiger partial charge in [-0.15, -0.1) is 0 Å². The van der Waals surface area contributed by atoms with Crippen LogP contribution >= 0.6 is 0 Å². The summed E-state index contributed by atoms with van der Waals surface area (Å²) in [6.45, 7) is 4.20. The molecule has 0 N–H and O–H groups in total. The number of rotatable bonds is 9. The Balaban J connectivity index is 1.23. The first-order chi connectivity index (χ1) is 17.5. The zero-order chi connectivity index (χ0) is 25.5. The van der Waals surface area contributed by atoms with Crippen LogP contribution in [-0.2, 0) is 11.2 Å². The van der Waals surface area contributed by atoms with Gasteiger partial charge in [0, 0.05) is 0 Å². The summed E-state index contributed by atoms with van der Waals surface area (Å²) in [6, 6.07) is 2.94. The molecule has 1 aromatic carbocycles. The van der Waals surface area contributed by atoms with Crippen LogP contribution in [0.25, 0.3) is 0 Å². The van der Waals surface area contributed by atoms with Crippen molar-refractivity contribution >= 4 is 5.97 Å². The molecule has 3 fully saturated rings. The molecule has 0 spiro atoms. The number of halogens is 2. The summed E-state index contributed by atoms with van der Waals surface area (Å²) in [5, 5.41) is 0. The Morgan fingerprint density at radius 3 is 2.31 bits per heavy atom. The molecule has 2 nitrogen and oxygen atoms in total. The number of esters is 1. The number of aryl methyl sites for hydroxylation is 1. The van der Waals surface area contributed by atoms with Crippen LogP contribution in [-0.4, -0.2) is 5.97 Å². The normalized spacial score (nSPS) is 30.8. The van der Waals surface area contributed by atoms with Gasteiger partial charge < -0.3 is 4.74 Å². The Hall–Kier alpha value is -1.71. The van der Waals surface area contributed by atoms with Crippen LogP contribution in [0.1, 0.15) is 109 Å². The summed E-state index contributed by atoms with van der Waals surface area (Å²) >= 11 is 0. The molecule has 0 amide bonds. The minimum absolute atomic E-state index is 0.205. The Morgan fingerprint density at radius 2 is 1.58 bits per heavy atom. The highest BCUT2D eigenvalue weighted by molar-refractivity contribution is 5.75. The molecule has 36 heavy (non-hydrogen) atoms. The second kappa shape index (κ2) is 13.2. The molecule has 4 unspecified atom stereocenters. The van der Waals surface area contributed by atoms with Crippen molar-refractivity contribution in [1.29, 1.82) is 0 Å². The average molecular weight is 501 g/mol. The Bertz CT molecular complexity index is 886. The topological polar surface area (TPSA) is 26.3 Å². The third-order valence-electron chi connectivity index (χ3n) is 9.65. The predicted molar refractivity (Wildman–Crippen MR) is 142 cm³/mol. The molecule has 0 saturated heterocycles. The lowest BCUT2D eigenvalue weighted by molar-refractivity contribution is -0.140. The minimum atomic E-state index is -1.05. The molecular formula is C32H46F2O2. The van der Waals surface area contributed by atoms with Crippen LogP contribution in [0.5, 0.6) is 5.75 Å². The number of carbonyl (C=O) groups is 1. The summed E-state index contributed by atoms with van der Waals surface area (Å²) < 4.78 is 34.4. The highest BCUT2D eigenvalue weighted by Crippen LogP contribution is 2.49. The van der Waals surface area contributed by atoms with E-state index in [2.05, 4.69) is 6.92 Å². The molecule has 3 aliphatic carbocycles. The van der Waals surface area contributed by atoms with Gasteiger partial charge in [-0.25, -0.2) is 4.39 Å². The van der Waals surface area contributed by atoms with E-state index in [4.69, 9.17) is 4.74 Å². The molecule has 0 aliphatic heterocycles. The van der Waals surface area contributed by atoms with Crippen molar-refractivity contribution in [2.75, 3.05) is 0 Å². The second-order valence-electron chi connectivity index (χ2n) is 11.9. The van der Waals surface area contributed by atoms with E-state index in [0.717, 1.165) is 49.4 Å². The van der Waals surface area contributed by atoms with E-state index in [1.165, 1.54) is 69.9 Å². The molecule has 0 aromatic heterocycles. The van der Waals surface area contributed by atoms with Gasteiger partial charge in [-0.2, -0.15) is 4.39 Å². The lowest BCUT2D eigenvalue weighted by Crippen LogP contribution is -2.35. The molecule has 3 aliphatic rings. The number of hydrogen-bond donors (Lipinski definition) is 0. The fraction of sp³-hybridized carbons (Fsp3) is 0.719. The van der Waals surface area contributed by atoms with Gasteiger partial charge >= 0.3 is 5.97 Å². The van der Waals surface area contributed by atoms with Crippen LogP contribution in [0.2, 0.25) is 0 Å². The molecule has 4 rings (SSSR count). The number of ether oxygens (including phenoxy) is 1. The average Bonchev–Trinajstić information content (AvgIpc) is 2.91. The van der Waals surface area contributed by atoms with Crippen molar-refractivity contribution in [3.63, 3.8) is 0 Å². The Labute approximate surface area is 217 Å². The highest BCUT2D eigenvalue weighted by atomic mass is 19.2. The number of benzene rings is 1. The Kier molecular flexibility index (Phi) is 10.0. The van der Waals surface area contributed by atoms with Gasteiger partial charge in [0.2, 0.25) is 5.82 Å². The minimum Gasteiger partial charge on any atom is -0.423 e. The fourth-order valence-corrected chi connectivity index (χ4v) is 7.47. The molecule has 200 valence electrons. The Morgan fingerprint density at radius 1 is 0.917 bits per heavy atom. The molecule has 0 bridgehead atoms. The number of fused-ring (bicyclic) bond motifs is 1. The van der Waals surface area contributed by atoms with Crippen LogP contribution in [0.4, 0.5) is 8.78 Å². The summed E-state index contributed by atoms with van der Waals surface area (Å²) in [7, 11) is 0. The summed E-state index contributed by atoms with van der Waals surface area (Å²) in [5.74, 6) is 1.52. The van der Waals surface area contributed by atoms with Crippen molar-refractivity contribution in [3.8, 4) is 5.75 Å². The smallest absolute Gasteiger partial charge is 0.314 e. The van der Waals surface area contributed by atoms with Crippen LogP contribution in [0.3, 0.4) is 0 Å². The van der Waals surface area contributed by atoms with Crippen LogP contribution < -0.4 is 4.74 Å². The summed E-state index contributed by atoms with van der Waals surface area (Å²) in [4.78, 5) is 12.8. The summed E-state index contributed by atoms with van der Waals surface area (Å²) in [5.41, 5.74) is 0.315. The van der Waals surface area contributed by atoms with Gasteiger partial charge in [0.15, 0.2) is 11.6 Å². The highest BCUT2D eigenvalue weighted by Gasteiger charge is 2.39. The maximum absolute atomic E-state index is 14.6. The molecule has 3 saturated carbocycles. The van der Waals surface area contributed by atoms with Crippen molar-refractivity contribution in [2.24, 2.45) is 35.5 Å². The molecule has 4 heteroatoms. The van der Waals surface area contributed by atoms with E-state index in [-0.39, 0.29) is 11.7 Å². The number of unbranched alkanes of at least 4 members (excludes halogenated alkanes) is 1. The van der Waals surface area contributed by atoms with Gasteiger partial charge in [0.05, 0.1) is 5.92 Å². The maximum Gasteiger partial charge on any atom is 0.314 e. The molecular weight excluding hydrogens is 454 g/mol. The standard InChI is InChI=1S/C32H46F2O2/c1-3-5-7-9-24-18-19-29(31(34)30(24)33)36-32(35)25-14-12-23(13-15-25)27-17-16-26-20-22(8-6-4-2)10-11-28(26)21-27/h3,5,18-19,22-23,25-28H,4,6-17,20-21H2,1-2H3/b5-3+. The second-order valence-corrected chi connectivity index (χ2v) is 11.9. The number of allylic oxidation sites excluding steroid dienone is 2. The predicted octanol–water partition coefficient (Wildman–Crippen LogP) is 9.21. The van der Waals surface area contributed by atoms with E-state index in [1.54, 1.807) is 0 Å². The van der Waals surface area contributed by atoms with Crippen LogP contribution in [0.15, 0.2) is 24.3 Å². The summed E-state index contributed by atoms with van der Waals surface area (Å²) in [6.07, 6.45) is 21.2. The molecule has 0 heterocycles. The third-order valence-corrected chi connectivity index (χ3v) is 9.65. The van der Waals surface area contributed by atoms with E-state index in [1.807, 2.05) is 19.1 Å². The van der Waals surface area contributed by atoms with Gasteiger partial charge in [-0.3, -0.25) is 4.79 Å². The van der Waals surface area contributed by atoms with E-state index in [0.29, 0.717) is 24.3 Å². The van der Waals surface area contributed by atoms with Gasteiger partial charge in [0.25, 0.3) is 0 Å².